The molecule has 0 saturated carbocycles. The summed E-state index contributed by atoms with van der Waals surface area (Å²) in [5.74, 6) is -2.75. The number of halogens is 3. The first-order valence-electron chi connectivity index (χ1n) is 4.83. The Balaban J connectivity index is 3.26. The SMILES string of the molecule is Cc1cc(C)c(C(Br)C(C)(F)F)c(C)c1. The highest BCUT2D eigenvalue weighted by molar-refractivity contribution is 9.09. The lowest BCUT2D eigenvalue weighted by atomic mass is 9.95. The van der Waals surface area contributed by atoms with Crippen LogP contribution in [0.1, 0.15) is 34.0 Å². The molecule has 1 atom stereocenters. The highest BCUT2D eigenvalue weighted by Crippen LogP contribution is 2.41. The molecule has 0 nitrogen and oxygen atoms in total. The van der Waals surface area contributed by atoms with E-state index in [0.29, 0.717) is 5.56 Å². The van der Waals surface area contributed by atoms with Crippen molar-refractivity contribution in [1.29, 1.82) is 0 Å². The number of benzene rings is 1. The zero-order valence-corrected chi connectivity index (χ0v) is 11.0. The van der Waals surface area contributed by atoms with Gasteiger partial charge in [-0.05, 0) is 37.5 Å². The summed E-state index contributed by atoms with van der Waals surface area (Å²) < 4.78 is 26.4. The van der Waals surface area contributed by atoms with Gasteiger partial charge in [-0.1, -0.05) is 33.6 Å². The third-order valence-corrected chi connectivity index (χ3v) is 3.70. The van der Waals surface area contributed by atoms with Crippen molar-refractivity contribution in [2.45, 2.75) is 38.4 Å². The molecular formula is C12H15BrF2. The molecule has 0 N–H and O–H groups in total. The summed E-state index contributed by atoms with van der Waals surface area (Å²) >= 11 is 3.08. The molecule has 0 spiro atoms. The highest BCUT2D eigenvalue weighted by atomic mass is 79.9. The second-order valence-corrected chi connectivity index (χ2v) is 5.05. The van der Waals surface area contributed by atoms with Crippen molar-refractivity contribution in [3.05, 3.63) is 34.4 Å². The molecular weight excluding hydrogens is 262 g/mol. The minimum Gasteiger partial charge on any atom is -0.206 e. The third-order valence-electron chi connectivity index (χ3n) is 2.44. The van der Waals surface area contributed by atoms with Gasteiger partial charge in [-0.3, -0.25) is 0 Å². The van der Waals surface area contributed by atoms with Crippen LogP contribution in [-0.2, 0) is 0 Å². The fourth-order valence-corrected chi connectivity index (χ4v) is 2.57. The van der Waals surface area contributed by atoms with Gasteiger partial charge in [0.1, 0.15) is 4.83 Å². The van der Waals surface area contributed by atoms with Crippen LogP contribution in [-0.4, -0.2) is 5.92 Å². The molecule has 0 aliphatic carbocycles. The second kappa shape index (κ2) is 4.20. The Bertz CT molecular complexity index is 343. The van der Waals surface area contributed by atoms with Crippen LogP contribution in [0.15, 0.2) is 12.1 Å². The summed E-state index contributed by atoms with van der Waals surface area (Å²) in [5, 5.41) is 0. The molecule has 0 bridgehead atoms. The van der Waals surface area contributed by atoms with Gasteiger partial charge in [0, 0.05) is 6.92 Å². The largest absolute Gasteiger partial charge is 0.261 e. The number of alkyl halides is 3. The van der Waals surface area contributed by atoms with Gasteiger partial charge >= 0.3 is 0 Å². The molecule has 0 amide bonds. The van der Waals surface area contributed by atoms with Crippen LogP contribution in [0.3, 0.4) is 0 Å². The Hall–Kier alpha value is -0.440. The minimum absolute atomic E-state index is 0.702. The van der Waals surface area contributed by atoms with Gasteiger partial charge in [0.25, 0.3) is 5.92 Å². The van der Waals surface area contributed by atoms with E-state index in [9.17, 15) is 8.78 Å². The van der Waals surface area contributed by atoms with Crippen LogP contribution in [0.25, 0.3) is 0 Å². The highest BCUT2D eigenvalue weighted by Gasteiger charge is 2.34. The van der Waals surface area contributed by atoms with E-state index in [4.69, 9.17) is 0 Å². The standard InChI is InChI=1S/C12H15BrF2/c1-7-5-8(2)10(9(3)6-7)11(13)12(4,14)15/h5-6,11H,1-4H3. The van der Waals surface area contributed by atoms with E-state index in [-0.39, 0.29) is 0 Å². The minimum atomic E-state index is -2.75. The lowest BCUT2D eigenvalue weighted by Crippen LogP contribution is -2.19. The van der Waals surface area contributed by atoms with Crippen molar-refractivity contribution in [1.82, 2.24) is 0 Å². The van der Waals surface area contributed by atoms with E-state index >= 15 is 0 Å². The average Bonchev–Trinajstić information content (AvgIpc) is 1.99. The summed E-state index contributed by atoms with van der Waals surface area (Å²) in [6.07, 6.45) is 0. The van der Waals surface area contributed by atoms with Crippen molar-refractivity contribution < 1.29 is 8.78 Å². The predicted molar refractivity (Wildman–Crippen MR) is 62.9 cm³/mol. The normalized spacial score (nSPS) is 14.1. The van der Waals surface area contributed by atoms with E-state index in [1.54, 1.807) is 0 Å². The lowest BCUT2D eigenvalue weighted by Gasteiger charge is -2.22. The van der Waals surface area contributed by atoms with Gasteiger partial charge in [0.15, 0.2) is 0 Å². The van der Waals surface area contributed by atoms with Gasteiger partial charge in [0.05, 0.1) is 0 Å². The summed E-state index contributed by atoms with van der Waals surface area (Å²) in [4.78, 5) is -0.911. The lowest BCUT2D eigenvalue weighted by molar-refractivity contribution is 0.0209. The Labute approximate surface area is 97.8 Å². The maximum absolute atomic E-state index is 13.2. The maximum atomic E-state index is 13.2. The van der Waals surface area contributed by atoms with E-state index in [1.807, 2.05) is 32.9 Å². The quantitative estimate of drug-likeness (QED) is 0.687. The number of hydrogen-bond donors (Lipinski definition) is 0. The van der Waals surface area contributed by atoms with Crippen molar-refractivity contribution in [3.8, 4) is 0 Å². The topological polar surface area (TPSA) is 0 Å². The Kier molecular flexibility index (Phi) is 3.54. The molecule has 15 heavy (non-hydrogen) atoms. The second-order valence-electron chi connectivity index (χ2n) is 4.13. The average molecular weight is 277 g/mol. The van der Waals surface area contributed by atoms with Crippen LogP contribution in [0.5, 0.6) is 0 Å². The first kappa shape index (κ1) is 12.6. The molecule has 0 heterocycles. The molecule has 1 unspecified atom stereocenters. The maximum Gasteiger partial charge on any atom is 0.261 e. The van der Waals surface area contributed by atoms with Crippen LogP contribution in [0, 0.1) is 20.8 Å². The molecule has 84 valence electrons. The Morgan fingerprint density at radius 3 is 1.87 bits per heavy atom. The summed E-state index contributed by atoms with van der Waals surface area (Å²) in [7, 11) is 0. The van der Waals surface area contributed by atoms with Gasteiger partial charge in [-0.25, -0.2) is 8.78 Å². The predicted octanol–water partition coefficient (Wildman–Crippen LogP) is 4.70. The fraction of sp³-hybridized carbons (Fsp3) is 0.500. The molecule has 1 aromatic rings. The monoisotopic (exact) mass is 276 g/mol. The Morgan fingerprint density at radius 2 is 1.53 bits per heavy atom. The van der Waals surface area contributed by atoms with Gasteiger partial charge in [-0.15, -0.1) is 0 Å². The number of aryl methyl sites for hydroxylation is 3. The first-order valence-corrected chi connectivity index (χ1v) is 5.74. The number of hydrogen-bond acceptors (Lipinski definition) is 0. The van der Waals surface area contributed by atoms with Crippen molar-refractivity contribution in [2.75, 3.05) is 0 Å². The van der Waals surface area contributed by atoms with Crippen molar-refractivity contribution in [3.63, 3.8) is 0 Å². The zero-order chi connectivity index (χ0) is 11.8. The van der Waals surface area contributed by atoms with E-state index in [1.165, 1.54) is 0 Å². The number of rotatable bonds is 2. The molecule has 0 saturated heterocycles. The molecule has 0 aliphatic heterocycles. The van der Waals surface area contributed by atoms with Crippen LogP contribution in [0.2, 0.25) is 0 Å². The molecule has 0 aliphatic rings. The van der Waals surface area contributed by atoms with E-state index in [0.717, 1.165) is 23.6 Å². The van der Waals surface area contributed by atoms with Crippen molar-refractivity contribution >= 4 is 15.9 Å². The zero-order valence-electron chi connectivity index (χ0n) is 9.37. The van der Waals surface area contributed by atoms with Crippen molar-refractivity contribution in [2.24, 2.45) is 0 Å². The molecule has 0 aromatic heterocycles. The molecule has 1 rings (SSSR count). The molecule has 0 fully saturated rings. The molecule has 3 heteroatoms. The Morgan fingerprint density at radius 1 is 1.13 bits per heavy atom. The summed E-state index contributed by atoms with van der Waals surface area (Å²) in [6.45, 7) is 6.65. The van der Waals surface area contributed by atoms with E-state index in [2.05, 4.69) is 15.9 Å². The van der Waals surface area contributed by atoms with E-state index < -0.39 is 10.7 Å². The molecule has 0 radical (unpaired) electrons. The summed E-state index contributed by atoms with van der Waals surface area (Å²) in [5.41, 5.74) is 3.63. The van der Waals surface area contributed by atoms with Gasteiger partial charge in [-0.2, -0.15) is 0 Å². The fourth-order valence-electron chi connectivity index (χ4n) is 1.84. The molecule has 1 aromatic carbocycles. The summed E-state index contributed by atoms with van der Waals surface area (Å²) in [6, 6.07) is 3.87. The first-order chi connectivity index (χ1) is 6.73. The van der Waals surface area contributed by atoms with Gasteiger partial charge in [0.2, 0.25) is 0 Å². The van der Waals surface area contributed by atoms with Gasteiger partial charge < -0.3 is 0 Å². The van der Waals surface area contributed by atoms with Crippen LogP contribution >= 0.6 is 15.9 Å². The van der Waals surface area contributed by atoms with Crippen LogP contribution in [0.4, 0.5) is 8.78 Å². The third kappa shape index (κ3) is 2.77. The van der Waals surface area contributed by atoms with Crippen LogP contribution < -0.4 is 0 Å². The smallest absolute Gasteiger partial charge is 0.206 e.